The Morgan fingerprint density at radius 2 is 1.83 bits per heavy atom. The predicted octanol–water partition coefficient (Wildman–Crippen LogP) is 1.72. The zero-order chi connectivity index (χ0) is 8.39. The molecule has 0 unspecified atom stereocenters. The zero-order valence-corrected chi connectivity index (χ0v) is 7.54. The van der Waals surface area contributed by atoms with Gasteiger partial charge in [-0.25, -0.2) is 0 Å². The molecule has 0 bridgehead atoms. The number of aliphatic hydroxyl groups excluding tert-OH is 1. The van der Waals surface area contributed by atoms with Gasteiger partial charge in [0, 0.05) is 6.42 Å². The zero-order valence-electron chi connectivity index (χ0n) is 7.54. The Bertz CT molecular complexity index is 138. The van der Waals surface area contributed by atoms with Gasteiger partial charge in [0.05, 0.1) is 18.8 Å². The van der Waals surface area contributed by atoms with E-state index in [0.29, 0.717) is 12.7 Å². The van der Waals surface area contributed by atoms with Gasteiger partial charge < -0.3 is 9.84 Å². The fraction of sp³-hybridized carbons (Fsp3) is 1.00. The highest BCUT2D eigenvalue weighted by atomic mass is 16.5. The maximum absolute atomic E-state index is 9.31. The summed E-state index contributed by atoms with van der Waals surface area (Å²) in [6.07, 6.45) is 7.82. The first kappa shape index (κ1) is 8.52. The second-order valence-electron chi connectivity index (χ2n) is 4.16. The maximum Gasteiger partial charge on any atom is 0.0798 e. The molecule has 0 radical (unpaired) electrons. The van der Waals surface area contributed by atoms with Gasteiger partial charge in [0.1, 0.15) is 0 Å². The van der Waals surface area contributed by atoms with Gasteiger partial charge in [-0.1, -0.05) is 19.3 Å². The molecule has 0 aromatic carbocycles. The second kappa shape index (κ2) is 3.75. The van der Waals surface area contributed by atoms with E-state index in [1.807, 2.05) is 0 Å². The summed E-state index contributed by atoms with van der Waals surface area (Å²) in [5.74, 6) is 0.746. The highest BCUT2D eigenvalue weighted by Gasteiger charge is 2.31. The third-order valence-corrected chi connectivity index (χ3v) is 3.18. The minimum Gasteiger partial charge on any atom is -0.391 e. The molecule has 1 aliphatic heterocycles. The molecule has 1 heterocycles. The van der Waals surface area contributed by atoms with Crippen molar-refractivity contribution in [3.8, 4) is 0 Å². The van der Waals surface area contributed by atoms with Gasteiger partial charge in [-0.3, -0.25) is 0 Å². The quantitative estimate of drug-likeness (QED) is 0.649. The molecule has 0 aromatic heterocycles. The lowest BCUT2D eigenvalue weighted by Gasteiger charge is -2.26. The normalized spacial score (nSPS) is 38.8. The summed E-state index contributed by atoms with van der Waals surface area (Å²) in [6, 6.07) is 0. The van der Waals surface area contributed by atoms with Crippen molar-refractivity contribution >= 4 is 0 Å². The van der Waals surface area contributed by atoms with E-state index in [-0.39, 0.29) is 6.10 Å². The average molecular weight is 170 g/mol. The molecule has 2 heteroatoms. The van der Waals surface area contributed by atoms with Crippen LogP contribution in [0.25, 0.3) is 0 Å². The summed E-state index contributed by atoms with van der Waals surface area (Å²) in [7, 11) is 0. The molecule has 0 amide bonds. The molecular weight excluding hydrogens is 152 g/mol. The number of rotatable bonds is 1. The van der Waals surface area contributed by atoms with Crippen LogP contribution in [0.4, 0.5) is 0 Å². The Balaban J connectivity index is 1.83. The molecule has 1 saturated heterocycles. The Morgan fingerprint density at radius 3 is 2.42 bits per heavy atom. The van der Waals surface area contributed by atoms with Gasteiger partial charge in [-0.2, -0.15) is 0 Å². The Hall–Kier alpha value is -0.0800. The summed E-state index contributed by atoms with van der Waals surface area (Å²) in [6.45, 7) is 0.571. The van der Waals surface area contributed by atoms with E-state index in [1.165, 1.54) is 32.1 Å². The van der Waals surface area contributed by atoms with Crippen LogP contribution >= 0.6 is 0 Å². The maximum atomic E-state index is 9.31. The van der Waals surface area contributed by atoms with Crippen LogP contribution in [0.5, 0.6) is 0 Å². The lowest BCUT2D eigenvalue weighted by Crippen LogP contribution is -2.22. The summed E-state index contributed by atoms with van der Waals surface area (Å²) >= 11 is 0. The van der Waals surface area contributed by atoms with Gasteiger partial charge in [0.2, 0.25) is 0 Å². The standard InChI is InChI=1S/C10H18O2/c11-9-6-10(12-7-9)8-4-2-1-3-5-8/h8-11H,1-7H2/t9-,10-/m0/s1. The van der Waals surface area contributed by atoms with Crippen LogP contribution in [0.1, 0.15) is 38.5 Å². The molecular formula is C10H18O2. The minimum atomic E-state index is -0.183. The molecule has 1 saturated carbocycles. The van der Waals surface area contributed by atoms with E-state index in [2.05, 4.69) is 0 Å². The smallest absolute Gasteiger partial charge is 0.0798 e. The minimum absolute atomic E-state index is 0.183. The van der Waals surface area contributed by atoms with E-state index in [4.69, 9.17) is 4.74 Å². The molecule has 12 heavy (non-hydrogen) atoms. The van der Waals surface area contributed by atoms with Crippen LogP contribution in [0.15, 0.2) is 0 Å². The van der Waals surface area contributed by atoms with Gasteiger partial charge in [0.25, 0.3) is 0 Å². The van der Waals surface area contributed by atoms with E-state index >= 15 is 0 Å². The van der Waals surface area contributed by atoms with E-state index < -0.39 is 0 Å². The topological polar surface area (TPSA) is 29.5 Å². The first-order valence-corrected chi connectivity index (χ1v) is 5.16. The lowest BCUT2D eigenvalue weighted by molar-refractivity contribution is 0.0413. The van der Waals surface area contributed by atoms with Crippen molar-refractivity contribution < 1.29 is 9.84 Å². The van der Waals surface area contributed by atoms with E-state index in [9.17, 15) is 5.11 Å². The van der Waals surface area contributed by atoms with Gasteiger partial charge >= 0.3 is 0 Å². The summed E-state index contributed by atoms with van der Waals surface area (Å²) in [5.41, 5.74) is 0. The van der Waals surface area contributed by atoms with Gasteiger partial charge in [-0.15, -0.1) is 0 Å². The molecule has 2 nitrogen and oxygen atoms in total. The monoisotopic (exact) mass is 170 g/mol. The van der Waals surface area contributed by atoms with Gasteiger partial charge in [0.15, 0.2) is 0 Å². The summed E-state index contributed by atoms with van der Waals surface area (Å²) < 4.78 is 5.55. The second-order valence-corrected chi connectivity index (χ2v) is 4.16. The van der Waals surface area contributed by atoms with Gasteiger partial charge in [-0.05, 0) is 18.8 Å². The van der Waals surface area contributed by atoms with Crippen LogP contribution in [0.3, 0.4) is 0 Å². The van der Waals surface area contributed by atoms with E-state index in [0.717, 1.165) is 12.3 Å². The molecule has 1 aliphatic carbocycles. The molecule has 2 aliphatic rings. The number of aliphatic hydroxyl groups is 1. The van der Waals surface area contributed by atoms with E-state index in [1.54, 1.807) is 0 Å². The third kappa shape index (κ3) is 1.80. The van der Waals surface area contributed by atoms with Crippen LogP contribution in [-0.4, -0.2) is 23.9 Å². The number of hydrogen-bond acceptors (Lipinski definition) is 2. The van der Waals surface area contributed by atoms with Crippen LogP contribution < -0.4 is 0 Å². The molecule has 0 aromatic rings. The molecule has 2 fully saturated rings. The molecule has 0 spiro atoms. The van der Waals surface area contributed by atoms with Crippen molar-refractivity contribution in [1.82, 2.24) is 0 Å². The van der Waals surface area contributed by atoms with Crippen molar-refractivity contribution in [3.05, 3.63) is 0 Å². The lowest BCUT2D eigenvalue weighted by atomic mass is 9.84. The average Bonchev–Trinajstić information content (AvgIpc) is 2.54. The SMILES string of the molecule is O[C@@H]1CO[C@H](C2CCCCC2)C1. The first-order chi connectivity index (χ1) is 5.86. The molecule has 70 valence electrons. The summed E-state index contributed by atoms with van der Waals surface area (Å²) in [4.78, 5) is 0. The Labute approximate surface area is 73.9 Å². The predicted molar refractivity (Wildman–Crippen MR) is 46.9 cm³/mol. The first-order valence-electron chi connectivity index (χ1n) is 5.16. The van der Waals surface area contributed by atoms with Crippen LogP contribution in [-0.2, 0) is 4.74 Å². The molecule has 2 rings (SSSR count). The number of ether oxygens (including phenoxy) is 1. The molecule has 1 N–H and O–H groups in total. The van der Waals surface area contributed by atoms with Crippen molar-refractivity contribution in [2.75, 3.05) is 6.61 Å². The van der Waals surface area contributed by atoms with Crippen LogP contribution in [0, 0.1) is 5.92 Å². The van der Waals surface area contributed by atoms with Crippen molar-refractivity contribution in [2.24, 2.45) is 5.92 Å². The fourth-order valence-corrected chi connectivity index (χ4v) is 2.47. The highest BCUT2D eigenvalue weighted by Crippen LogP contribution is 2.32. The third-order valence-electron chi connectivity index (χ3n) is 3.18. The van der Waals surface area contributed by atoms with Crippen molar-refractivity contribution in [2.45, 2.75) is 50.7 Å². The van der Waals surface area contributed by atoms with Crippen LogP contribution in [0.2, 0.25) is 0 Å². The van der Waals surface area contributed by atoms with Crippen molar-refractivity contribution in [3.63, 3.8) is 0 Å². The van der Waals surface area contributed by atoms with Crippen molar-refractivity contribution in [1.29, 1.82) is 0 Å². The molecule has 2 atom stereocenters. The Morgan fingerprint density at radius 1 is 1.08 bits per heavy atom. The fourth-order valence-electron chi connectivity index (χ4n) is 2.47. The Kier molecular flexibility index (Phi) is 2.66. The number of hydrogen-bond donors (Lipinski definition) is 1. The largest absolute Gasteiger partial charge is 0.391 e. The highest BCUT2D eigenvalue weighted by molar-refractivity contribution is 4.81. The summed E-state index contributed by atoms with van der Waals surface area (Å²) in [5, 5.41) is 9.31.